The lowest BCUT2D eigenvalue weighted by Gasteiger charge is -2.27. The van der Waals surface area contributed by atoms with Gasteiger partial charge in [0.05, 0.1) is 0 Å². The summed E-state index contributed by atoms with van der Waals surface area (Å²) in [6.07, 6.45) is 5.13. The summed E-state index contributed by atoms with van der Waals surface area (Å²) in [6.45, 7) is 9.42. The predicted molar refractivity (Wildman–Crippen MR) is 122 cm³/mol. The minimum absolute atomic E-state index is 0.329. The molecule has 0 heterocycles. The molecule has 30 heavy (non-hydrogen) atoms. The van der Waals surface area contributed by atoms with Crippen LogP contribution in [0.4, 0.5) is 0 Å². The van der Waals surface area contributed by atoms with Crippen LogP contribution in [-0.2, 0) is 9.59 Å². The number of imide groups is 1. The van der Waals surface area contributed by atoms with Crippen molar-refractivity contribution in [3.8, 4) is 11.1 Å². The van der Waals surface area contributed by atoms with Crippen molar-refractivity contribution in [2.45, 2.75) is 26.3 Å². The van der Waals surface area contributed by atoms with E-state index in [-0.39, 0.29) is 5.91 Å². The molecule has 0 aromatic heterocycles. The second-order valence-electron chi connectivity index (χ2n) is 7.48. The third-order valence-electron chi connectivity index (χ3n) is 4.81. The van der Waals surface area contributed by atoms with Gasteiger partial charge in [-0.15, -0.1) is 0 Å². The summed E-state index contributed by atoms with van der Waals surface area (Å²) in [5.74, 6) is -0.329. The number of carbonyl (C=O) groups is 2. The van der Waals surface area contributed by atoms with Crippen molar-refractivity contribution in [2.75, 3.05) is 20.1 Å². The highest BCUT2D eigenvalue weighted by molar-refractivity contribution is 5.90. The van der Waals surface area contributed by atoms with E-state index in [1.54, 1.807) is 6.20 Å². The molecule has 0 saturated carbocycles. The second-order valence-corrected chi connectivity index (χ2v) is 7.48. The lowest BCUT2D eigenvalue weighted by atomic mass is 9.99. The zero-order valence-corrected chi connectivity index (χ0v) is 18.0. The molecule has 5 nitrogen and oxygen atoms in total. The Hall–Kier alpha value is -3.18. The molecule has 5 heteroatoms. The zero-order valence-electron chi connectivity index (χ0n) is 18.0. The van der Waals surface area contributed by atoms with Gasteiger partial charge in [-0.2, -0.15) is 0 Å². The van der Waals surface area contributed by atoms with Crippen LogP contribution in [0.2, 0.25) is 0 Å². The molecule has 0 fully saturated rings. The average molecular weight is 406 g/mol. The SMILES string of the molecule is C=CN(C=C(C)C)CCCN(C)C(C(=O)NC=O)c1ccc(-c2ccccc2)cc1. The van der Waals surface area contributed by atoms with E-state index in [1.807, 2.05) is 79.4 Å². The first kappa shape index (κ1) is 23.1. The van der Waals surface area contributed by atoms with Gasteiger partial charge in [0.2, 0.25) is 12.3 Å². The van der Waals surface area contributed by atoms with Crippen LogP contribution in [-0.4, -0.2) is 42.3 Å². The van der Waals surface area contributed by atoms with Crippen LogP contribution in [0.3, 0.4) is 0 Å². The molecule has 2 aromatic carbocycles. The van der Waals surface area contributed by atoms with Gasteiger partial charge in [-0.1, -0.05) is 66.7 Å². The van der Waals surface area contributed by atoms with Crippen molar-refractivity contribution in [3.63, 3.8) is 0 Å². The summed E-state index contributed by atoms with van der Waals surface area (Å²) in [6, 6.07) is 17.5. The van der Waals surface area contributed by atoms with Crippen LogP contribution < -0.4 is 5.32 Å². The van der Waals surface area contributed by atoms with Crippen LogP contribution in [0.15, 0.2) is 79.1 Å². The molecular weight excluding hydrogens is 374 g/mol. The molecule has 2 aromatic rings. The molecule has 2 amide bonds. The van der Waals surface area contributed by atoms with Crippen LogP contribution in [0.1, 0.15) is 31.9 Å². The topological polar surface area (TPSA) is 52.6 Å². The monoisotopic (exact) mass is 405 g/mol. The Morgan fingerprint density at radius 3 is 2.23 bits per heavy atom. The van der Waals surface area contributed by atoms with Gasteiger partial charge in [-0.3, -0.25) is 19.8 Å². The molecule has 1 unspecified atom stereocenters. The highest BCUT2D eigenvalue weighted by Gasteiger charge is 2.24. The Morgan fingerprint density at radius 2 is 1.67 bits per heavy atom. The Balaban J connectivity index is 2.13. The van der Waals surface area contributed by atoms with Gasteiger partial charge in [-0.25, -0.2) is 0 Å². The maximum Gasteiger partial charge on any atom is 0.248 e. The van der Waals surface area contributed by atoms with Crippen molar-refractivity contribution in [3.05, 3.63) is 84.7 Å². The Bertz CT molecular complexity index is 856. The van der Waals surface area contributed by atoms with Gasteiger partial charge in [-0.05, 0) is 50.2 Å². The van der Waals surface area contributed by atoms with Gasteiger partial charge in [0.15, 0.2) is 0 Å². The number of amides is 2. The van der Waals surface area contributed by atoms with E-state index in [4.69, 9.17) is 0 Å². The van der Waals surface area contributed by atoms with E-state index < -0.39 is 6.04 Å². The lowest BCUT2D eigenvalue weighted by Crippen LogP contribution is -2.39. The van der Waals surface area contributed by atoms with Crippen LogP contribution in [0, 0.1) is 0 Å². The quantitative estimate of drug-likeness (QED) is 0.565. The first-order chi connectivity index (χ1) is 14.5. The maximum absolute atomic E-state index is 12.6. The standard InChI is InChI=1S/C25H31N3O2/c1-5-28(18-20(2)3)17-9-16-27(4)24(25(30)26-19-29)23-14-12-22(13-15-23)21-10-7-6-8-11-21/h5-8,10-15,18-19,24H,1,9,16-17H2,2-4H3,(H,26,29,30). The molecule has 0 radical (unpaired) electrons. The lowest BCUT2D eigenvalue weighted by molar-refractivity contribution is -0.129. The van der Waals surface area contributed by atoms with Crippen molar-refractivity contribution < 1.29 is 9.59 Å². The van der Waals surface area contributed by atoms with E-state index in [9.17, 15) is 9.59 Å². The minimum Gasteiger partial charge on any atom is -0.355 e. The van der Waals surface area contributed by atoms with Crippen LogP contribution >= 0.6 is 0 Å². The van der Waals surface area contributed by atoms with E-state index in [2.05, 4.69) is 24.0 Å². The van der Waals surface area contributed by atoms with Gasteiger partial charge in [0.1, 0.15) is 6.04 Å². The number of benzene rings is 2. The normalized spacial score (nSPS) is 11.5. The number of hydrogen-bond donors (Lipinski definition) is 1. The number of nitrogens with one attached hydrogen (secondary N) is 1. The molecular formula is C25H31N3O2. The molecule has 0 spiro atoms. The smallest absolute Gasteiger partial charge is 0.248 e. The van der Waals surface area contributed by atoms with Gasteiger partial charge >= 0.3 is 0 Å². The summed E-state index contributed by atoms with van der Waals surface area (Å²) < 4.78 is 0. The first-order valence-electron chi connectivity index (χ1n) is 10.1. The van der Waals surface area contributed by atoms with Gasteiger partial charge < -0.3 is 4.90 Å². The van der Waals surface area contributed by atoms with Crippen LogP contribution in [0.25, 0.3) is 11.1 Å². The highest BCUT2D eigenvalue weighted by atomic mass is 16.2. The number of rotatable bonds is 11. The number of likely N-dealkylation sites (N-methyl/N-ethyl adjacent to an activating group) is 1. The Kier molecular flexibility index (Phi) is 9.03. The number of hydrogen-bond acceptors (Lipinski definition) is 4. The highest BCUT2D eigenvalue weighted by Crippen LogP contribution is 2.25. The van der Waals surface area contributed by atoms with E-state index >= 15 is 0 Å². The van der Waals surface area contributed by atoms with Crippen molar-refractivity contribution >= 4 is 12.3 Å². The molecule has 0 saturated heterocycles. The molecule has 0 bridgehead atoms. The Morgan fingerprint density at radius 1 is 1.03 bits per heavy atom. The molecule has 0 aliphatic rings. The fourth-order valence-corrected chi connectivity index (χ4v) is 3.40. The number of carbonyl (C=O) groups excluding carboxylic acids is 2. The number of nitrogens with zero attached hydrogens (tertiary/aromatic N) is 2. The third kappa shape index (κ3) is 6.71. The second kappa shape index (κ2) is 11.7. The fourth-order valence-electron chi connectivity index (χ4n) is 3.40. The van der Waals surface area contributed by atoms with Gasteiger partial charge in [0, 0.05) is 19.3 Å². The molecule has 0 aliphatic carbocycles. The maximum atomic E-state index is 12.6. The summed E-state index contributed by atoms with van der Waals surface area (Å²) in [4.78, 5) is 27.5. The van der Waals surface area contributed by atoms with Crippen molar-refractivity contribution in [2.24, 2.45) is 0 Å². The third-order valence-corrected chi connectivity index (χ3v) is 4.81. The summed E-state index contributed by atoms with van der Waals surface area (Å²) in [7, 11) is 1.90. The molecule has 2 rings (SSSR count). The zero-order chi connectivity index (χ0) is 21.9. The fraction of sp³-hybridized carbons (Fsp3) is 0.280. The molecule has 158 valence electrons. The largest absolute Gasteiger partial charge is 0.355 e. The first-order valence-corrected chi connectivity index (χ1v) is 10.1. The van der Waals surface area contributed by atoms with E-state index in [0.29, 0.717) is 13.0 Å². The van der Waals surface area contributed by atoms with Gasteiger partial charge in [0.25, 0.3) is 0 Å². The molecule has 0 aliphatic heterocycles. The van der Waals surface area contributed by atoms with Crippen LogP contribution in [0.5, 0.6) is 0 Å². The average Bonchev–Trinajstić information content (AvgIpc) is 2.74. The summed E-state index contributed by atoms with van der Waals surface area (Å²) in [5, 5.41) is 2.31. The summed E-state index contributed by atoms with van der Waals surface area (Å²) >= 11 is 0. The Labute approximate surface area is 179 Å². The van der Waals surface area contributed by atoms with Crippen molar-refractivity contribution in [1.82, 2.24) is 15.1 Å². The minimum atomic E-state index is -0.541. The van der Waals surface area contributed by atoms with Crippen molar-refractivity contribution in [1.29, 1.82) is 0 Å². The molecule has 1 N–H and O–H groups in total. The predicted octanol–water partition coefficient (Wildman–Crippen LogP) is 4.36. The molecule has 1 atom stereocenters. The van der Waals surface area contributed by atoms with E-state index in [0.717, 1.165) is 29.7 Å². The summed E-state index contributed by atoms with van der Waals surface area (Å²) in [5.41, 5.74) is 4.25. The van der Waals surface area contributed by atoms with E-state index in [1.165, 1.54) is 5.57 Å². The number of allylic oxidation sites excluding steroid dienone is 1.